The van der Waals surface area contributed by atoms with E-state index in [1.54, 1.807) is 18.2 Å². The number of hydrogen-bond donors (Lipinski definition) is 3. The van der Waals surface area contributed by atoms with Crippen LogP contribution in [-0.4, -0.2) is 17.4 Å². The van der Waals surface area contributed by atoms with Crippen molar-refractivity contribution in [2.45, 2.75) is 31.9 Å². The number of hydrogen-bond acceptors (Lipinski definition) is 3. The highest BCUT2D eigenvalue weighted by atomic mass is 19.1. The van der Waals surface area contributed by atoms with E-state index >= 15 is 4.39 Å². The Morgan fingerprint density at radius 2 is 2.21 bits per heavy atom. The number of nitrogens with one attached hydrogen (secondary N) is 3. The van der Waals surface area contributed by atoms with E-state index < -0.39 is 0 Å². The number of carbonyl (C=O) groups excluding carboxylic acids is 1. The van der Waals surface area contributed by atoms with Crippen molar-refractivity contribution in [3.63, 3.8) is 0 Å². The van der Waals surface area contributed by atoms with E-state index in [-0.39, 0.29) is 24.4 Å². The van der Waals surface area contributed by atoms with Gasteiger partial charge in [-0.2, -0.15) is 0 Å². The Balaban J connectivity index is 1.71. The largest absolute Gasteiger partial charge is 0.354 e. The Kier molecular flexibility index (Phi) is 4.45. The summed E-state index contributed by atoms with van der Waals surface area (Å²) in [6, 6.07) is 9.17. The van der Waals surface area contributed by atoms with Crippen LogP contribution in [-0.2, 0) is 17.9 Å². The minimum Gasteiger partial charge on any atom is -0.354 e. The van der Waals surface area contributed by atoms with Crippen molar-refractivity contribution in [2.24, 2.45) is 0 Å². The van der Waals surface area contributed by atoms with E-state index in [2.05, 4.69) is 22.4 Å². The first-order valence-electron chi connectivity index (χ1n) is 9.90. The average Bonchev–Trinajstić information content (AvgIpc) is 3.32. The summed E-state index contributed by atoms with van der Waals surface area (Å²) in [5.74, 6) is -0.491. The quantitative estimate of drug-likeness (QED) is 0.581. The first kappa shape index (κ1) is 18.1. The first-order valence-corrected chi connectivity index (χ1v) is 9.90. The first-order chi connectivity index (χ1) is 14.2. The van der Waals surface area contributed by atoms with Crippen molar-refractivity contribution in [3.8, 4) is 11.3 Å². The second kappa shape index (κ2) is 7.13. The molecule has 2 aliphatic rings. The Morgan fingerprint density at radius 3 is 3.00 bits per heavy atom. The van der Waals surface area contributed by atoms with E-state index in [1.807, 2.05) is 18.2 Å². The second-order valence-electron chi connectivity index (χ2n) is 7.60. The molecule has 1 aromatic heterocycles. The van der Waals surface area contributed by atoms with Gasteiger partial charge in [0.1, 0.15) is 12.4 Å². The van der Waals surface area contributed by atoms with Gasteiger partial charge >= 0.3 is 0 Å². The lowest BCUT2D eigenvalue weighted by Crippen LogP contribution is -2.21. The monoisotopic (exact) mass is 391 g/mol. The highest BCUT2D eigenvalue weighted by Gasteiger charge is 2.26. The zero-order valence-electron chi connectivity index (χ0n) is 16.0. The predicted octanol–water partition coefficient (Wildman–Crippen LogP) is 4.30. The van der Waals surface area contributed by atoms with Gasteiger partial charge in [-0.1, -0.05) is 12.1 Å². The van der Waals surface area contributed by atoms with Crippen LogP contribution >= 0.6 is 0 Å². The lowest BCUT2D eigenvalue weighted by molar-refractivity contribution is 0.0256. The average molecular weight is 391 g/mol. The molecule has 2 aromatic carbocycles. The maximum Gasteiger partial charge on any atom is 0.275 e. The molecule has 2 aliphatic heterocycles. The zero-order valence-corrected chi connectivity index (χ0v) is 16.0. The second-order valence-corrected chi connectivity index (χ2v) is 7.60. The van der Waals surface area contributed by atoms with E-state index in [4.69, 9.17) is 4.84 Å². The fourth-order valence-corrected chi connectivity index (χ4v) is 4.59. The Labute approximate surface area is 167 Å². The van der Waals surface area contributed by atoms with Crippen LogP contribution in [0.25, 0.3) is 22.2 Å². The van der Waals surface area contributed by atoms with Gasteiger partial charge in [0.2, 0.25) is 0 Å². The number of halogens is 1. The Morgan fingerprint density at radius 1 is 1.31 bits per heavy atom. The molecule has 0 unspecified atom stereocenters. The molecule has 0 radical (unpaired) electrons. The van der Waals surface area contributed by atoms with Gasteiger partial charge in [-0.25, -0.2) is 9.87 Å². The molecular formula is C23H22FN3O2. The number of rotatable bonds is 4. The molecule has 0 aliphatic carbocycles. The molecule has 5 nitrogen and oxygen atoms in total. The Hall–Kier alpha value is -2.96. The van der Waals surface area contributed by atoms with Gasteiger partial charge in [0.25, 0.3) is 5.91 Å². The van der Waals surface area contributed by atoms with Gasteiger partial charge in [0, 0.05) is 33.6 Å². The smallest absolute Gasteiger partial charge is 0.275 e. The lowest BCUT2D eigenvalue weighted by Gasteiger charge is -2.18. The normalized spacial score (nSPS) is 18.7. The number of benzene rings is 2. The summed E-state index contributed by atoms with van der Waals surface area (Å²) in [6.07, 6.45) is 4.38. The predicted molar refractivity (Wildman–Crippen MR) is 110 cm³/mol. The van der Waals surface area contributed by atoms with Gasteiger partial charge in [0.15, 0.2) is 0 Å². The van der Waals surface area contributed by atoms with E-state index in [1.165, 1.54) is 0 Å². The number of allylic oxidation sites excluding steroid dienone is 1. The van der Waals surface area contributed by atoms with Crippen molar-refractivity contribution in [1.29, 1.82) is 0 Å². The van der Waals surface area contributed by atoms with Crippen LogP contribution in [0.15, 0.2) is 43.0 Å². The number of carbonyl (C=O) groups is 1. The van der Waals surface area contributed by atoms with Crippen LogP contribution in [0.2, 0.25) is 0 Å². The molecule has 3 heterocycles. The maximum atomic E-state index is 15.3. The van der Waals surface area contributed by atoms with Crippen LogP contribution in [0, 0.1) is 5.82 Å². The van der Waals surface area contributed by atoms with Crippen LogP contribution < -0.4 is 10.8 Å². The third-order valence-corrected chi connectivity index (χ3v) is 5.83. The van der Waals surface area contributed by atoms with Crippen molar-refractivity contribution >= 4 is 16.8 Å². The number of amides is 1. The number of H-pyrrole nitrogens is 1. The number of aromatic nitrogens is 1. The number of aromatic amines is 1. The molecule has 3 aromatic rings. The maximum absolute atomic E-state index is 15.3. The van der Waals surface area contributed by atoms with Crippen LogP contribution in [0.5, 0.6) is 0 Å². The lowest BCUT2D eigenvalue weighted by atomic mass is 9.92. The standard InChI is InChI=1S/C23H22FN3O2/c1-2-5-13-10-14(11-17(24)20(13)18-8-4-9-25-18)22-16-12-29-27-23(28)15-6-3-7-19(26-22)21(15)16/h2-3,6-7,10-11,18,25-26H,1,4-5,8-9,12H2,(H,27,28)/t18-/m0/s1. The summed E-state index contributed by atoms with van der Waals surface area (Å²) in [6.45, 7) is 4.97. The molecule has 5 rings (SSSR count). The minimum atomic E-state index is -0.277. The Bertz CT molecular complexity index is 1130. The summed E-state index contributed by atoms with van der Waals surface area (Å²) in [4.78, 5) is 21.0. The van der Waals surface area contributed by atoms with Crippen molar-refractivity contribution in [1.82, 2.24) is 15.8 Å². The van der Waals surface area contributed by atoms with E-state index in [0.717, 1.165) is 58.2 Å². The van der Waals surface area contributed by atoms with Crippen molar-refractivity contribution in [2.75, 3.05) is 6.54 Å². The summed E-state index contributed by atoms with van der Waals surface area (Å²) in [7, 11) is 0. The summed E-state index contributed by atoms with van der Waals surface area (Å²) in [5.41, 5.74) is 7.89. The van der Waals surface area contributed by atoms with Gasteiger partial charge in [-0.15, -0.1) is 6.58 Å². The zero-order chi connectivity index (χ0) is 20.0. The van der Waals surface area contributed by atoms with Gasteiger partial charge < -0.3 is 10.3 Å². The molecule has 1 saturated heterocycles. The van der Waals surface area contributed by atoms with E-state index in [9.17, 15) is 4.79 Å². The SMILES string of the molecule is C=CCc1cc(-c2[nH]c3cccc4c3c2CONC4=O)cc(F)c1[C@@H]1CCCN1. The third kappa shape index (κ3) is 2.96. The molecule has 148 valence electrons. The molecule has 0 saturated carbocycles. The van der Waals surface area contributed by atoms with E-state index in [0.29, 0.717) is 12.0 Å². The molecule has 1 fully saturated rings. The summed E-state index contributed by atoms with van der Waals surface area (Å²) >= 11 is 0. The summed E-state index contributed by atoms with van der Waals surface area (Å²) in [5, 5.41) is 4.22. The highest BCUT2D eigenvalue weighted by Crippen LogP contribution is 2.37. The van der Waals surface area contributed by atoms with Crippen LogP contribution in [0.4, 0.5) is 4.39 Å². The molecule has 1 amide bonds. The molecule has 0 spiro atoms. The molecular weight excluding hydrogens is 369 g/mol. The van der Waals surface area contributed by atoms with Crippen molar-refractivity contribution < 1.29 is 14.0 Å². The molecule has 1 atom stereocenters. The molecule has 3 N–H and O–H groups in total. The van der Waals surface area contributed by atoms with Gasteiger partial charge in [-0.3, -0.25) is 9.63 Å². The summed E-state index contributed by atoms with van der Waals surface area (Å²) < 4.78 is 15.3. The van der Waals surface area contributed by atoms with Crippen LogP contribution in [0.1, 0.15) is 45.9 Å². The number of hydroxylamine groups is 1. The van der Waals surface area contributed by atoms with Crippen molar-refractivity contribution in [3.05, 3.63) is 71.1 Å². The fourth-order valence-electron chi connectivity index (χ4n) is 4.59. The molecule has 29 heavy (non-hydrogen) atoms. The van der Waals surface area contributed by atoms with Gasteiger partial charge in [0.05, 0.1) is 11.3 Å². The fraction of sp³-hybridized carbons (Fsp3) is 0.261. The third-order valence-electron chi connectivity index (χ3n) is 5.83. The highest BCUT2D eigenvalue weighted by molar-refractivity contribution is 6.09. The molecule has 0 bridgehead atoms. The molecule has 6 heteroatoms. The van der Waals surface area contributed by atoms with Crippen LogP contribution in [0.3, 0.4) is 0 Å². The minimum absolute atomic E-state index is 0.0417. The van der Waals surface area contributed by atoms with Gasteiger partial charge in [-0.05, 0) is 55.6 Å². The topological polar surface area (TPSA) is 66.1 Å².